The molecule has 1 aliphatic heterocycles. The first-order chi connectivity index (χ1) is 14.3. The Bertz CT molecular complexity index is 1040. The van der Waals surface area contributed by atoms with Gasteiger partial charge in [0.15, 0.2) is 11.5 Å². The van der Waals surface area contributed by atoms with Gasteiger partial charge >= 0.3 is 5.97 Å². The van der Waals surface area contributed by atoms with Gasteiger partial charge in [0, 0.05) is 12.6 Å². The van der Waals surface area contributed by atoms with Crippen LogP contribution in [0.1, 0.15) is 27.5 Å². The molecule has 0 bridgehead atoms. The van der Waals surface area contributed by atoms with Crippen molar-refractivity contribution in [1.29, 1.82) is 0 Å². The minimum Gasteiger partial charge on any atom is -0.507 e. The van der Waals surface area contributed by atoms with Crippen molar-refractivity contribution in [3.63, 3.8) is 0 Å². The number of esters is 1. The second kappa shape index (κ2) is 8.28. The Labute approximate surface area is 173 Å². The Balaban J connectivity index is 2.11. The summed E-state index contributed by atoms with van der Waals surface area (Å²) in [5, 5.41) is 10.9. The minimum absolute atomic E-state index is 0.0551. The van der Waals surface area contributed by atoms with Crippen molar-refractivity contribution in [1.82, 2.24) is 4.90 Å². The Morgan fingerprint density at radius 3 is 2.10 bits per heavy atom. The van der Waals surface area contributed by atoms with E-state index in [0.29, 0.717) is 28.2 Å². The highest BCUT2D eigenvalue weighted by atomic mass is 16.5. The fourth-order valence-electron chi connectivity index (χ4n) is 3.40. The van der Waals surface area contributed by atoms with E-state index in [1.807, 2.05) is 0 Å². The molecule has 2 aromatic rings. The number of aliphatic hydroxyl groups excluding tert-OH is 1. The van der Waals surface area contributed by atoms with Crippen molar-refractivity contribution in [2.75, 3.05) is 28.4 Å². The van der Waals surface area contributed by atoms with Crippen molar-refractivity contribution < 1.29 is 33.7 Å². The molecule has 1 fully saturated rings. The predicted molar refractivity (Wildman–Crippen MR) is 107 cm³/mol. The number of carbonyl (C=O) groups is 3. The van der Waals surface area contributed by atoms with Crippen LogP contribution in [0.3, 0.4) is 0 Å². The van der Waals surface area contributed by atoms with Gasteiger partial charge in [0.05, 0.1) is 38.5 Å². The number of methoxy groups -OCH3 is 3. The number of carbonyl (C=O) groups excluding carboxylic acids is 3. The number of ether oxygens (including phenoxy) is 3. The second-order valence-electron chi connectivity index (χ2n) is 6.59. The smallest absolute Gasteiger partial charge is 0.337 e. The molecule has 1 amide bonds. The number of likely N-dealkylation sites (N-methyl/N-ethyl adjacent to an activating group) is 1. The highest BCUT2D eigenvalue weighted by molar-refractivity contribution is 6.46. The Morgan fingerprint density at radius 2 is 1.53 bits per heavy atom. The molecule has 1 heterocycles. The highest BCUT2D eigenvalue weighted by Gasteiger charge is 2.44. The largest absolute Gasteiger partial charge is 0.507 e. The topological polar surface area (TPSA) is 102 Å². The van der Waals surface area contributed by atoms with Gasteiger partial charge in [0.1, 0.15) is 5.76 Å². The van der Waals surface area contributed by atoms with E-state index >= 15 is 0 Å². The van der Waals surface area contributed by atoms with Crippen LogP contribution >= 0.6 is 0 Å². The summed E-state index contributed by atoms with van der Waals surface area (Å²) in [6, 6.07) is 10.2. The first-order valence-corrected chi connectivity index (χ1v) is 8.99. The maximum atomic E-state index is 12.7. The number of Topliss-reactive ketones (excluding diaryl/α,β-unsaturated/α-hetero) is 1. The lowest BCUT2D eigenvalue weighted by atomic mass is 9.94. The lowest BCUT2D eigenvalue weighted by Crippen LogP contribution is -2.24. The van der Waals surface area contributed by atoms with E-state index in [2.05, 4.69) is 4.74 Å². The molecule has 8 heteroatoms. The summed E-state index contributed by atoms with van der Waals surface area (Å²) in [4.78, 5) is 38.0. The van der Waals surface area contributed by atoms with Crippen molar-refractivity contribution in [3.8, 4) is 11.5 Å². The number of hydrogen-bond donors (Lipinski definition) is 1. The summed E-state index contributed by atoms with van der Waals surface area (Å²) in [5.41, 5.74) is 1.14. The van der Waals surface area contributed by atoms with Crippen molar-refractivity contribution in [2.45, 2.75) is 6.04 Å². The SMILES string of the molecule is COC(=O)c1ccc([C@@H]2C(=C(O)c3ccc(OC)c(OC)c3)C(=O)C(=O)N2C)cc1. The molecule has 1 aliphatic rings. The van der Waals surface area contributed by atoms with Crippen LogP contribution in [-0.2, 0) is 14.3 Å². The summed E-state index contributed by atoms with van der Waals surface area (Å²) >= 11 is 0. The molecular formula is C22H21NO7. The van der Waals surface area contributed by atoms with Crippen molar-refractivity contribution in [2.24, 2.45) is 0 Å². The first-order valence-electron chi connectivity index (χ1n) is 8.99. The molecule has 0 aliphatic carbocycles. The van der Waals surface area contributed by atoms with Gasteiger partial charge in [-0.25, -0.2) is 4.79 Å². The summed E-state index contributed by atoms with van der Waals surface area (Å²) in [6.07, 6.45) is 0. The van der Waals surface area contributed by atoms with Gasteiger partial charge in [-0.3, -0.25) is 9.59 Å². The summed E-state index contributed by atoms with van der Waals surface area (Å²) < 4.78 is 15.1. The van der Waals surface area contributed by atoms with E-state index in [0.717, 1.165) is 0 Å². The van der Waals surface area contributed by atoms with E-state index in [9.17, 15) is 19.5 Å². The molecule has 0 spiro atoms. The van der Waals surface area contributed by atoms with E-state index < -0.39 is 23.7 Å². The van der Waals surface area contributed by atoms with E-state index in [-0.39, 0.29) is 11.3 Å². The highest BCUT2D eigenvalue weighted by Crippen LogP contribution is 2.39. The Hall–Kier alpha value is -3.81. The van der Waals surface area contributed by atoms with Crippen LogP contribution in [0.4, 0.5) is 0 Å². The first kappa shape index (κ1) is 20.9. The second-order valence-corrected chi connectivity index (χ2v) is 6.59. The number of ketones is 1. The van der Waals surface area contributed by atoms with Gasteiger partial charge in [-0.05, 0) is 35.9 Å². The maximum absolute atomic E-state index is 12.7. The zero-order valence-corrected chi connectivity index (χ0v) is 17.0. The van der Waals surface area contributed by atoms with Crippen LogP contribution in [0.5, 0.6) is 11.5 Å². The lowest BCUT2D eigenvalue weighted by molar-refractivity contribution is -0.139. The molecule has 3 rings (SSSR count). The van der Waals surface area contributed by atoms with Crippen LogP contribution in [-0.4, -0.2) is 56.0 Å². The number of hydrogen-bond acceptors (Lipinski definition) is 7. The van der Waals surface area contributed by atoms with Gasteiger partial charge in [-0.15, -0.1) is 0 Å². The molecule has 8 nitrogen and oxygen atoms in total. The van der Waals surface area contributed by atoms with E-state index in [4.69, 9.17) is 9.47 Å². The molecule has 1 saturated heterocycles. The number of aliphatic hydroxyl groups is 1. The average molecular weight is 411 g/mol. The number of nitrogens with zero attached hydrogens (tertiary/aromatic N) is 1. The van der Waals surface area contributed by atoms with Crippen LogP contribution < -0.4 is 9.47 Å². The van der Waals surface area contributed by atoms with Gasteiger partial charge in [-0.1, -0.05) is 12.1 Å². The molecule has 2 aromatic carbocycles. The summed E-state index contributed by atoms with van der Waals surface area (Å²) in [6.45, 7) is 0. The molecule has 156 valence electrons. The quantitative estimate of drug-likeness (QED) is 0.349. The maximum Gasteiger partial charge on any atom is 0.337 e. The Kier molecular flexibility index (Phi) is 5.77. The third kappa shape index (κ3) is 3.47. The van der Waals surface area contributed by atoms with Crippen LogP contribution in [0, 0.1) is 0 Å². The average Bonchev–Trinajstić information content (AvgIpc) is 3.01. The van der Waals surface area contributed by atoms with Gasteiger partial charge in [-0.2, -0.15) is 0 Å². The molecular weight excluding hydrogens is 390 g/mol. The third-order valence-corrected chi connectivity index (χ3v) is 4.98. The number of rotatable bonds is 5. The molecule has 1 atom stereocenters. The fraction of sp³-hybridized carbons (Fsp3) is 0.227. The lowest BCUT2D eigenvalue weighted by Gasteiger charge is -2.21. The minimum atomic E-state index is -0.815. The summed E-state index contributed by atoms with van der Waals surface area (Å²) in [7, 11) is 5.70. The molecule has 30 heavy (non-hydrogen) atoms. The van der Waals surface area contributed by atoms with Crippen LogP contribution in [0.2, 0.25) is 0 Å². The molecule has 1 N–H and O–H groups in total. The van der Waals surface area contributed by atoms with Crippen LogP contribution in [0.15, 0.2) is 48.0 Å². The fourth-order valence-corrected chi connectivity index (χ4v) is 3.40. The summed E-state index contributed by atoms with van der Waals surface area (Å²) in [5.74, 6) is -1.55. The van der Waals surface area contributed by atoms with Gasteiger partial charge in [0.2, 0.25) is 0 Å². The number of benzene rings is 2. The van der Waals surface area contributed by atoms with E-state index in [1.54, 1.807) is 24.3 Å². The monoisotopic (exact) mass is 411 g/mol. The van der Waals surface area contributed by atoms with Crippen molar-refractivity contribution >= 4 is 23.4 Å². The zero-order chi connectivity index (χ0) is 22.0. The zero-order valence-electron chi connectivity index (χ0n) is 17.0. The number of amides is 1. The standard InChI is InChI=1S/C22H21NO7/c1-23-18(12-5-7-13(8-6-12)22(27)30-4)17(20(25)21(23)26)19(24)14-9-10-15(28-2)16(11-14)29-3/h5-11,18,24H,1-4H3/t18-/m1/s1. The van der Waals surface area contributed by atoms with Crippen LogP contribution in [0.25, 0.3) is 5.76 Å². The molecule has 0 saturated carbocycles. The van der Waals surface area contributed by atoms with Crippen molar-refractivity contribution in [3.05, 3.63) is 64.7 Å². The van der Waals surface area contributed by atoms with Gasteiger partial charge in [0.25, 0.3) is 11.7 Å². The normalized spacial score (nSPS) is 17.7. The Morgan fingerprint density at radius 1 is 0.933 bits per heavy atom. The van der Waals surface area contributed by atoms with Gasteiger partial charge < -0.3 is 24.2 Å². The van der Waals surface area contributed by atoms with E-state index in [1.165, 1.54) is 51.5 Å². The predicted octanol–water partition coefficient (Wildman–Crippen LogP) is 2.54. The molecule has 0 unspecified atom stereocenters. The third-order valence-electron chi connectivity index (χ3n) is 4.98. The molecule has 0 aromatic heterocycles. The number of likely N-dealkylation sites (tertiary alicyclic amines) is 1. The molecule has 0 radical (unpaired) electrons.